The maximum absolute atomic E-state index is 10.2. The van der Waals surface area contributed by atoms with Gasteiger partial charge in [0.05, 0.1) is 12.3 Å². The van der Waals surface area contributed by atoms with Crippen molar-refractivity contribution in [2.24, 2.45) is 18.9 Å². The fourth-order valence-corrected chi connectivity index (χ4v) is 2.66. The van der Waals surface area contributed by atoms with Gasteiger partial charge in [-0.15, -0.1) is 0 Å². The summed E-state index contributed by atoms with van der Waals surface area (Å²) in [5.74, 6) is 1.35. The van der Waals surface area contributed by atoms with E-state index in [0.29, 0.717) is 5.92 Å². The summed E-state index contributed by atoms with van der Waals surface area (Å²) >= 11 is 0. The van der Waals surface area contributed by atoms with Crippen LogP contribution in [0.5, 0.6) is 0 Å². The van der Waals surface area contributed by atoms with Gasteiger partial charge in [0, 0.05) is 19.7 Å². The molecule has 0 saturated heterocycles. The molecular weight excluding hydrogens is 200 g/mol. The Kier molecular flexibility index (Phi) is 3.64. The van der Waals surface area contributed by atoms with Crippen molar-refractivity contribution in [1.29, 1.82) is 0 Å². The van der Waals surface area contributed by atoms with Crippen LogP contribution in [-0.2, 0) is 13.5 Å². The first kappa shape index (κ1) is 11.6. The van der Waals surface area contributed by atoms with Crippen LogP contribution >= 0.6 is 0 Å². The Morgan fingerprint density at radius 2 is 2.12 bits per heavy atom. The normalized spacial score (nSPS) is 27.9. The van der Waals surface area contributed by atoms with Gasteiger partial charge in [-0.05, 0) is 30.2 Å². The van der Waals surface area contributed by atoms with Crippen molar-refractivity contribution in [3.8, 4) is 0 Å². The lowest BCUT2D eigenvalue weighted by Crippen LogP contribution is -2.26. The van der Waals surface area contributed by atoms with Crippen molar-refractivity contribution >= 4 is 0 Å². The first-order valence-electron chi connectivity index (χ1n) is 6.30. The summed E-state index contributed by atoms with van der Waals surface area (Å²) in [7, 11) is 1.91. The molecule has 0 aromatic carbocycles. The number of hydrogen-bond acceptors (Lipinski definition) is 2. The second-order valence-corrected chi connectivity index (χ2v) is 5.31. The number of aromatic nitrogens is 2. The van der Waals surface area contributed by atoms with Gasteiger partial charge in [0.25, 0.3) is 0 Å². The highest BCUT2D eigenvalue weighted by atomic mass is 16.3. The van der Waals surface area contributed by atoms with E-state index in [1.807, 2.05) is 19.4 Å². The van der Waals surface area contributed by atoms with Crippen molar-refractivity contribution in [1.82, 2.24) is 9.78 Å². The number of nitrogens with zero attached hydrogens (tertiary/aromatic N) is 2. The molecule has 0 aliphatic heterocycles. The summed E-state index contributed by atoms with van der Waals surface area (Å²) in [6, 6.07) is 0. The Bertz CT molecular complexity index is 326. The van der Waals surface area contributed by atoms with Crippen molar-refractivity contribution < 1.29 is 5.11 Å². The molecule has 0 amide bonds. The molecule has 90 valence electrons. The van der Waals surface area contributed by atoms with Crippen LogP contribution in [0.2, 0.25) is 0 Å². The van der Waals surface area contributed by atoms with E-state index >= 15 is 0 Å². The molecule has 1 aromatic heterocycles. The van der Waals surface area contributed by atoms with E-state index in [1.165, 1.54) is 25.7 Å². The van der Waals surface area contributed by atoms with E-state index in [4.69, 9.17) is 0 Å². The molecule has 0 radical (unpaired) electrons. The minimum atomic E-state index is -0.184. The van der Waals surface area contributed by atoms with Gasteiger partial charge in [-0.1, -0.05) is 19.8 Å². The van der Waals surface area contributed by atoms with Crippen LogP contribution in [0, 0.1) is 11.8 Å². The number of aliphatic hydroxyl groups excluding tert-OH is 1. The maximum atomic E-state index is 10.2. The van der Waals surface area contributed by atoms with Crippen molar-refractivity contribution in [2.45, 2.75) is 45.1 Å². The summed E-state index contributed by atoms with van der Waals surface area (Å²) in [4.78, 5) is 0. The first-order chi connectivity index (χ1) is 7.65. The third kappa shape index (κ3) is 2.85. The Hall–Kier alpha value is -0.830. The third-order valence-electron chi connectivity index (χ3n) is 3.81. The second kappa shape index (κ2) is 5.00. The number of hydrogen-bond donors (Lipinski definition) is 1. The van der Waals surface area contributed by atoms with Gasteiger partial charge in [-0.3, -0.25) is 4.68 Å². The van der Waals surface area contributed by atoms with Gasteiger partial charge in [-0.2, -0.15) is 5.10 Å². The smallest absolute Gasteiger partial charge is 0.0609 e. The zero-order chi connectivity index (χ0) is 11.5. The first-order valence-corrected chi connectivity index (χ1v) is 6.30. The summed E-state index contributed by atoms with van der Waals surface area (Å²) in [5.41, 5.74) is 1.15. The maximum Gasteiger partial charge on any atom is 0.0609 e. The molecule has 1 saturated carbocycles. The highest BCUT2D eigenvalue weighted by molar-refractivity contribution is 5.05. The van der Waals surface area contributed by atoms with Crippen LogP contribution in [0.4, 0.5) is 0 Å². The van der Waals surface area contributed by atoms with Crippen LogP contribution in [-0.4, -0.2) is 21.0 Å². The molecule has 2 rings (SSSR count). The monoisotopic (exact) mass is 222 g/mol. The minimum absolute atomic E-state index is 0.184. The van der Waals surface area contributed by atoms with Crippen LogP contribution in [0.15, 0.2) is 12.4 Å². The molecular formula is C13H22N2O. The average molecular weight is 222 g/mol. The molecule has 1 atom stereocenters. The molecule has 1 aromatic rings. The van der Waals surface area contributed by atoms with Gasteiger partial charge in [0.2, 0.25) is 0 Å². The zero-order valence-corrected chi connectivity index (χ0v) is 10.3. The molecule has 1 heterocycles. The molecule has 3 nitrogen and oxygen atoms in total. The van der Waals surface area contributed by atoms with E-state index in [2.05, 4.69) is 12.0 Å². The van der Waals surface area contributed by atoms with Gasteiger partial charge in [0.1, 0.15) is 0 Å². The Morgan fingerprint density at radius 3 is 2.69 bits per heavy atom. The van der Waals surface area contributed by atoms with Crippen LogP contribution < -0.4 is 0 Å². The molecule has 3 heteroatoms. The fourth-order valence-electron chi connectivity index (χ4n) is 2.66. The largest absolute Gasteiger partial charge is 0.392 e. The van der Waals surface area contributed by atoms with Crippen molar-refractivity contribution in [3.63, 3.8) is 0 Å². The van der Waals surface area contributed by atoms with Crippen LogP contribution in [0.3, 0.4) is 0 Å². The highest BCUT2D eigenvalue weighted by Gasteiger charge is 2.24. The summed E-state index contributed by atoms with van der Waals surface area (Å²) in [5, 5.41) is 14.3. The SMILES string of the molecule is CC1CCC(C(O)Cc2cnn(C)c2)CC1. The Morgan fingerprint density at radius 1 is 1.44 bits per heavy atom. The van der Waals surface area contributed by atoms with E-state index in [0.717, 1.165) is 17.9 Å². The standard InChI is InChI=1S/C13H22N2O/c1-10-3-5-12(6-4-10)13(16)7-11-8-14-15(2)9-11/h8-10,12-13,16H,3-7H2,1-2H3. The molecule has 0 spiro atoms. The van der Waals surface area contributed by atoms with Crippen molar-refractivity contribution in [3.05, 3.63) is 18.0 Å². The van der Waals surface area contributed by atoms with Crippen molar-refractivity contribution in [2.75, 3.05) is 0 Å². The van der Waals surface area contributed by atoms with E-state index in [-0.39, 0.29) is 6.10 Å². The predicted octanol–water partition coefficient (Wildman–Crippen LogP) is 2.15. The predicted molar refractivity (Wildman–Crippen MR) is 64.0 cm³/mol. The Balaban J connectivity index is 1.85. The fraction of sp³-hybridized carbons (Fsp3) is 0.769. The van der Waals surface area contributed by atoms with E-state index in [9.17, 15) is 5.11 Å². The van der Waals surface area contributed by atoms with Gasteiger partial charge >= 0.3 is 0 Å². The summed E-state index contributed by atoms with van der Waals surface area (Å²) in [6.07, 6.45) is 9.34. The lowest BCUT2D eigenvalue weighted by Gasteiger charge is -2.29. The minimum Gasteiger partial charge on any atom is -0.392 e. The molecule has 1 unspecified atom stereocenters. The number of aryl methyl sites for hydroxylation is 1. The molecule has 1 aliphatic carbocycles. The van der Waals surface area contributed by atoms with Crippen LogP contribution in [0.1, 0.15) is 38.2 Å². The number of rotatable bonds is 3. The van der Waals surface area contributed by atoms with Gasteiger partial charge in [-0.25, -0.2) is 0 Å². The van der Waals surface area contributed by atoms with E-state index in [1.54, 1.807) is 4.68 Å². The zero-order valence-electron chi connectivity index (χ0n) is 10.3. The lowest BCUT2D eigenvalue weighted by molar-refractivity contribution is 0.0761. The second-order valence-electron chi connectivity index (χ2n) is 5.31. The molecule has 1 aliphatic rings. The van der Waals surface area contributed by atoms with E-state index < -0.39 is 0 Å². The summed E-state index contributed by atoms with van der Waals surface area (Å²) < 4.78 is 1.80. The molecule has 1 N–H and O–H groups in total. The molecule has 1 fully saturated rings. The van der Waals surface area contributed by atoms with Gasteiger partial charge < -0.3 is 5.11 Å². The molecule has 0 bridgehead atoms. The molecule has 16 heavy (non-hydrogen) atoms. The van der Waals surface area contributed by atoms with Crippen LogP contribution in [0.25, 0.3) is 0 Å². The number of aliphatic hydroxyl groups is 1. The average Bonchev–Trinajstić information content (AvgIpc) is 2.65. The quantitative estimate of drug-likeness (QED) is 0.851. The summed E-state index contributed by atoms with van der Waals surface area (Å²) in [6.45, 7) is 2.31. The Labute approximate surface area is 97.5 Å². The highest BCUT2D eigenvalue weighted by Crippen LogP contribution is 2.31. The van der Waals surface area contributed by atoms with Gasteiger partial charge in [0.15, 0.2) is 0 Å². The lowest BCUT2D eigenvalue weighted by atomic mass is 9.79. The topological polar surface area (TPSA) is 38.1 Å². The third-order valence-corrected chi connectivity index (χ3v) is 3.81.